The Bertz CT molecular complexity index is 125. The zero-order chi connectivity index (χ0) is 8.04. The van der Waals surface area contributed by atoms with Gasteiger partial charge in [-0.15, -0.1) is 0 Å². The molecule has 0 aliphatic rings. The summed E-state index contributed by atoms with van der Waals surface area (Å²) in [5.74, 6) is 0. The van der Waals surface area contributed by atoms with Crippen LogP contribution < -0.4 is 0 Å². The molecule has 62 valence electrons. The summed E-state index contributed by atoms with van der Waals surface area (Å²) in [7, 11) is -2.87. The highest BCUT2D eigenvalue weighted by Crippen LogP contribution is 2.43. The summed E-state index contributed by atoms with van der Waals surface area (Å²) in [6.07, 6.45) is 0. The predicted molar refractivity (Wildman–Crippen MR) is 38.2 cm³/mol. The van der Waals surface area contributed by atoms with E-state index in [1.54, 1.807) is 6.92 Å². The Morgan fingerprint density at radius 2 is 2.10 bits per heavy atom. The van der Waals surface area contributed by atoms with Gasteiger partial charge < -0.3 is 14.2 Å². The lowest BCUT2D eigenvalue weighted by atomic mass is 10.8. The van der Waals surface area contributed by atoms with E-state index in [1.165, 1.54) is 6.66 Å². The maximum absolute atomic E-state index is 11.0. The molecule has 0 aromatic rings. The minimum Gasteiger partial charge on any atom is -0.394 e. The van der Waals surface area contributed by atoms with E-state index in [2.05, 4.69) is 0 Å². The summed E-state index contributed by atoms with van der Waals surface area (Å²) in [6.45, 7) is 3.41. The summed E-state index contributed by atoms with van der Waals surface area (Å²) in [4.78, 5) is 0. The van der Waals surface area contributed by atoms with Crippen molar-refractivity contribution in [3.05, 3.63) is 0 Å². The molecule has 0 spiro atoms. The maximum Gasteiger partial charge on any atom is 0.327 e. The molecule has 0 saturated carbocycles. The monoisotopic (exact) mass is 168 g/mol. The molecule has 0 aliphatic heterocycles. The molecule has 1 atom stereocenters. The van der Waals surface area contributed by atoms with Gasteiger partial charge in [0.1, 0.15) is 0 Å². The van der Waals surface area contributed by atoms with Crippen molar-refractivity contribution < 1.29 is 18.7 Å². The SMILES string of the molecule is CCOP(C)(=O)OCCO. The van der Waals surface area contributed by atoms with Crippen molar-refractivity contribution in [2.45, 2.75) is 6.92 Å². The van der Waals surface area contributed by atoms with Crippen molar-refractivity contribution in [1.82, 2.24) is 0 Å². The summed E-state index contributed by atoms with van der Waals surface area (Å²) < 4.78 is 20.5. The number of rotatable bonds is 5. The maximum atomic E-state index is 11.0. The largest absolute Gasteiger partial charge is 0.394 e. The molecule has 0 aromatic carbocycles. The molecule has 0 rings (SSSR count). The van der Waals surface area contributed by atoms with Crippen LogP contribution >= 0.6 is 7.60 Å². The third kappa shape index (κ3) is 4.94. The van der Waals surface area contributed by atoms with Gasteiger partial charge in [-0.25, -0.2) is 0 Å². The highest BCUT2D eigenvalue weighted by Gasteiger charge is 2.14. The Morgan fingerprint density at radius 1 is 1.50 bits per heavy atom. The average molecular weight is 168 g/mol. The lowest BCUT2D eigenvalue weighted by Gasteiger charge is -2.11. The van der Waals surface area contributed by atoms with Gasteiger partial charge in [-0.05, 0) is 6.92 Å². The van der Waals surface area contributed by atoms with Gasteiger partial charge in [0.2, 0.25) is 0 Å². The van der Waals surface area contributed by atoms with Crippen LogP contribution in [0, 0.1) is 0 Å². The van der Waals surface area contributed by atoms with Gasteiger partial charge >= 0.3 is 7.60 Å². The second-order valence-corrected chi connectivity index (χ2v) is 3.80. The van der Waals surface area contributed by atoms with E-state index in [0.717, 1.165) is 0 Å². The fraction of sp³-hybridized carbons (Fsp3) is 1.00. The predicted octanol–water partition coefficient (Wildman–Crippen LogP) is 0.855. The molecule has 0 heterocycles. The minimum absolute atomic E-state index is 0.0633. The molecule has 0 saturated heterocycles. The van der Waals surface area contributed by atoms with Gasteiger partial charge in [0.25, 0.3) is 0 Å². The van der Waals surface area contributed by atoms with E-state index < -0.39 is 7.60 Å². The number of hydrogen-bond acceptors (Lipinski definition) is 4. The smallest absolute Gasteiger partial charge is 0.327 e. The van der Waals surface area contributed by atoms with E-state index in [4.69, 9.17) is 14.2 Å². The van der Waals surface area contributed by atoms with Crippen LogP contribution in [0.15, 0.2) is 0 Å². The molecule has 5 heteroatoms. The summed E-state index contributed by atoms with van der Waals surface area (Å²) in [6, 6.07) is 0. The first-order valence-electron chi connectivity index (χ1n) is 3.10. The van der Waals surface area contributed by atoms with Crippen LogP contribution in [-0.4, -0.2) is 31.6 Å². The van der Waals surface area contributed by atoms with Crippen LogP contribution in [-0.2, 0) is 13.6 Å². The molecule has 0 radical (unpaired) electrons. The quantitative estimate of drug-likeness (QED) is 0.618. The standard InChI is InChI=1S/C5H13O4P/c1-3-8-10(2,7)9-5-4-6/h6H,3-5H2,1-2H3. The van der Waals surface area contributed by atoms with Crippen LogP contribution in [0.2, 0.25) is 0 Å². The molecule has 0 aliphatic carbocycles. The fourth-order valence-electron chi connectivity index (χ4n) is 0.478. The minimum atomic E-state index is -2.87. The van der Waals surface area contributed by atoms with Crippen LogP contribution in [0.4, 0.5) is 0 Å². The molecule has 10 heavy (non-hydrogen) atoms. The molecule has 0 fully saturated rings. The van der Waals surface area contributed by atoms with Crippen molar-refractivity contribution in [2.24, 2.45) is 0 Å². The van der Waals surface area contributed by atoms with Gasteiger partial charge in [-0.2, -0.15) is 0 Å². The second kappa shape index (κ2) is 4.85. The zero-order valence-corrected chi connectivity index (χ0v) is 7.13. The van der Waals surface area contributed by atoms with E-state index >= 15 is 0 Å². The molecule has 0 aromatic heterocycles. The highest BCUT2D eigenvalue weighted by molar-refractivity contribution is 7.52. The van der Waals surface area contributed by atoms with Crippen molar-refractivity contribution >= 4 is 7.60 Å². The van der Waals surface area contributed by atoms with Crippen molar-refractivity contribution in [1.29, 1.82) is 0 Å². The summed E-state index contributed by atoms with van der Waals surface area (Å²) >= 11 is 0. The Labute approximate surface area is 60.7 Å². The Hall–Kier alpha value is 0.110. The number of hydrogen-bond donors (Lipinski definition) is 1. The highest BCUT2D eigenvalue weighted by atomic mass is 31.2. The van der Waals surface area contributed by atoms with Crippen LogP contribution in [0.5, 0.6) is 0 Å². The lowest BCUT2D eigenvalue weighted by Crippen LogP contribution is -1.99. The van der Waals surface area contributed by atoms with Crippen LogP contribution in [0.3, 0.4) is 0 Å². The van der Waals surface area contributed by atoms with E-state index in [0.29, 0.717) is 6.61 Å². The lowest BCUT2D eigenvalue weighted by molar-refractivity contribution is 0.167. The molecule has 0 amide bonds. The number of aliphatic hydroxyl groups is 1. The first-order valence-corrected chi connectivity index (χ1v) is 5.09. The third-order valence-corrected chi connectivity index (χ3v) is 2.16. The van der Waals surface area contributed by atoms with Gasteiger partial charge in [-0.3, -0.25) is 4.57 Å². The van der Waals surface area contributed by atoms with E-state index in [1.807, 2.05) is 0 Å². The van der Waals surface area contributed by atoms with Crippen LogP contribution in [0.25, 0.3) is 0 Å². The molecule has 0 bridgehead atoms. The molecular weight excluding hydrogens is 155 g/mol. The van der Waals surface area contributed by atoms with Crippen molar-refractivity contribution in [3.63, 3.8) is 0 Å². The first-order chi connectivity index (χ1) is 4.62. The fourth-order valence-corrected chi connectivity index (χ4v) is 1.44. The van der Waals surface area contributed by atoms with Gasteiger partial charge in [0.15, 0.2) is 0 Å². The first kappa shape index (κ1) is 10.1. The summed E-state index contributed by atoms with van der Waals surface area (Å²) in [5, 5.41) is 8.30. The second-order valence-electron chi connectivity index (χ2n) is 1.75. The Kier molecular flexibility index (Phi) is 4.91. The zero-order valence-electron chi connectivity index (χ0n) is 6.24. The Morgan fingerprint density at radius 3 is 2.50 bits per heavy atom. The molecule has 1 unspecified atom stereocenters. The topological polar surface area (TPSA) is 55.8 Å². The third-order valence-electron chi connectivity index (χ3n) is 0.781. The van der Waals surface area contributed by atoms with E-state index in [9.17, 15) is 4.57 Å². The molecular formula is C5H13O4P. The van der Waals surface area contributed by atoms with Gasteiger partial charge in [-0.1, -0.05) is 0 Å². The van der Waals surface area contributed by atoms with Crippen LogP contribution in [0.1, 0.15) is 6.92 Å². The van der Waals surface area contributed by atoms with Crippen molar-refractivity contribution in [3.8, 4) is 0 Å². The normalized spacial score (nSPS) is 16.7. The van der Waals surface area contributed by atoms with Gasteiger partial charge in [0, 0.05) is 6.66 Å². The molecule has 4 nitrogen and oxygen atoms in total. The van der Waals surface area contributed by atoms with Gasteiger partial charge in [0.05, 0.1) is 19.8 Å². The van der Waals surface area contributed by atoms with E-state index in [-0.39, 0.29) is 13.2 Å². The number of aliphatic hydroxyl groups excluding tert-OH is 1. The van der Waals surface area contributed by atoms with Crippen molar-refractivity contribution in [2.75, 3.05) is 26.5 Å². The summed E-state index contributed by atoms with van der Waals surface area (Å²) in [5.41, 5.74) is 0. The molecule has 1 N–H and O–H groups in total. The average Bonchev–Trinajstić information content (AvgIpc) is 1.84. The Balaban J connectivity index is 3.53.